The van der Waals surface area contributed by atoms with Gasteiger partial charge in [-0.1, -0.05) is 32.0 Å². The number of piperazine rings is 1. The Labute approximate surface area is 273 Å². The van der Waals surface area contributed by atoms with Crippen LogP contribution in [0.3, 0.4) is 0 Å². The summed E-state index contributed by atoms with van der Waals surface area (Å²) in [5.41, 5.74) is 1.71. The molecule has 6 aliphatic rings. The van der Waals surface area contributed by atoms with E-state index in [-0.39, 0.29) is 40.9 Å². The van der Waals surface area contributed by atoms with Crippen LogP contribution in [0, 0.1) is 34.5 Å². The van der Waals surface area contributed by atoms with E-state index >= 15 is 0 Å². The first-order valence-corrected chi connectivity index (χ1v) is 18.2. The zero-order chi connectivity index (χ0) is 31.8. The standard InChI is InChI=1S/C38H52N4O4/c1-37-14-13-29-27(28(37)11-12-34(37)44)10-9-26-21-33(43)32(22-38(26,29)2)40-16-18-41(19-17-40)36(46)31-8-5-15-42(31)35(45)25-20-24-6-3-4-7-30(24)39-23-25/h3-4,6-7,20,23,26-29,31-34,43-44H,5,8-19,21-22H2,1-2H3/t26?,27?,28?,29?,31-,32-,33-,34-,37-,38-/m0/s1. The number of hydrogen-bond acceptors (Lipinski definition) is 6. The van der Waals surface area contributed by atoms with Gasteiger partial charge in [-0.05, 0) is 111 Å². The summed E-state index contributed by atoms with van der Waals surface area (Å²) in [5, 5.41) is 23.3. The van der Waals surface area contributed by atoms with Crippen LogP contribution in [0.15, 0.2) is 36.5 Å². The number of carbonyl (C=O) groups excluding carboxylic acids is 2. The van der Waals surface area contributed by atoms with E-state index in [4.69, 9.17) is 0 Å². The Kier molecular flexibility index (Phi) is 7.73. The van der Waals surface area contributed by atoms with Crippen LogP contribution >= 0.6 is 0 Å². The number of carbonyl (C=O) groups is 2. The number of benzene rings is 1. The second-order valence-corrected chi connectivity index (χ2v) is 16.3. The number of fused-ring (bicyclic) bond motifs is 6. The highest BCUT2D eigenvalue weighted by Crippen LogP contribution is 2.66. The van der Waals surface area contributed by atoms with Gasteiger partial charge in [-0.3, -0.25) is 19.5 Å². The normalized spacial score (nSPS) is 41.2. The van der Waals surface area contributed by atoms with Gasteiger partial charge in [-0.25, -0.2) is 0 Å². The molecule has 1 aromatic heterocycles. The number of likely N-dealkylation sites (tertiary alicyclic amines) is 1. The minimum Gasteiger partial charge on any atom is -0.393 e. The molecule has 248 valence electrons. The van der Waals surface area contributed by atoms with Crippen LogP contribution < -0.4 is 0 Å². The molecule has 0 spiro atoms. The van der Waals surface area contributed by atoms with Crippen LogP contribution in [0.2, 0.25) is 0 Å². The number of hydrogen-bond donors (Lipinski definition) is 2. The molecule has 8 heteroatoms. The lowest BCUT2D eigenvalue weighted by Gasteiger charge is -2.62. The molecule has 2 amide bonds. The van der Waals surface area contributed by atoms with Crippen LogP contribution in [0.5, 0.6) is 0 Å². The van der Waals surface area contributed by atoms with Gasteiger partial charge in [0.2, 0.25) is 5.91 Å². The van der Waals surface area contributed by atoms with Gasteiger partial charge in [-0.2, -0.15) is 0 Å². The highest BCUT2D eigenvalue weighted by atomic mass is 16.3. The van der Waals surface area contributed by atoms with Crippen LogP contribution in [-0.2, 0) is 4.79 Å². The Morgan fingerprint density at radius 3 is 2.50 bits per heavy atom. The minimum absolute atomic E-state index is 0.0644. The van der Waals surface area contributed by atoms with Gasteiger partial charge in [0, 0.05) is 50.3 Å². The Bertz CT molecular complexity index is 1490. The fourth-order valence-corrected chi connectivity index (χ4v) is 11.7. The number of para-hydroxylation sites is 1. The molecule has 1 aromatic carbocycles. The fourth-order valence-electron chi connectivity index (χ4n) is 11.7. The average Bonchev–Trinajstić information content (AvgIpc) is 3.68. The van der Waals surface area contributed by atoms with Crippen LogP contribution in [0.1, 0.15) is 88.4 Å². The largest absolute Gasteiger partial charge is 0.393 e. The lowest BCUT2D eigenvalue weighted by molar-refractivity contribution is -0.157. The molecule has 2 saturated heterocycles. The number of pyridine rings is 1. The van der Waals surface area contributed by atoms with Gasteiger partial charge >= 0.3 is 0 Å². The molecule has 4 saturated carbocycles. The Morgan fingerprint density at radius 2 is 1.67 bits per heavy atom. The zero-order valence-corrected chi connectivity index (χ0v) is 27.7. The van der Waals surface area contributed by atoms with Crippen molar-refractivity contribution in [2.75, 3.05) is 32.7 Å². The van der Waals surface area contributed by atoms with Crippen molar-refractivity contribution in [2.45, 2.75) is 102 Å². The highest BCUT2D eigenvalue weighted by Gasteiger charge is 2.61. The molecule has 3 heterocycles. The molecule has 8 rings (SSSR count). The number of amides is 2. The second-order valence-electron chi connectivity index (χ2n) is 16.3. The van der Waals surface area contributed by atoms with E-state index in [9.17, 15) is 19.8 Å². The van der Waals surface area contributed by atoms with Gasteiger partial charge < -0.3 is 20.0 Å². The first-order valence-electron chi connectivity index (χ1n) is 18.2. The van der Waals surface area contributed by atoms with E-state index in [0.717, 1.165) is 56.1 Å². The van der Waals surface area contributed by atoms with Crippen molar-refractivity contribution < 1.29 is 19.8 Å². The number of aromatic nitrogens is 1. The number of aliphatic hydroxyl groups excluding tert-OH is 2. The van der Waals surface area contributed by atoms with Crippen molar-refractivity contribution >= 4 is 22.7 Å². The number of aliphatic hydroxyl groups is 2. The van der Waals surface area contributed by atoms with Crippen molar-refractivity contribution in [3.05, 3.63) is 42.1 Å². The fraction of sp³-hybridized carbons (Fsp3) is 0.711. The second kappa shape index (κ2) is 11.6. The maximum atomic E-state index is 13.9. The Hall–Kier alpha value is -2.55. The van der Waals surface area contributed by atoms with Crippen LogP contribution in [0.4, 0.5) is 0 Å². The third kappa shape index (κ3) is 4.83. The summed E-state index contributed by atoms with van der Waals surface area (Å²) in [6.07, 6.45) is 11.6. The smallest absolute Gasteiger partial charge is 0.256 e. The highest BCUT2D eigenvalue weighted by molar-refractivity contribution is 6.00. The molecule has 6 fully saturated rings. The molecule has 10 atom stereocenters. The summed E-state index contributed by atoms with van der Waals surface area (Å²) >= 11 is 0. The van der Waals surface area contributed by atoms with Crippen molar-refractivity contribution in [1.82, 2.24) is 19.7 Å². The van der Waals surface area contributed by atoms with Crippen molar-refractivity contribution in [3.8, 4) is 0 Å². The van der Waals surface area contributed by atoms with Crippen molar-refractivity contribution in [3.63, 3.8) is 0 Å². The molecule has 2 aliphatic heterocycles. The summed E-state index contributed by atoms with van der Waals surface area (Å²) in [7, 11) is 0. The van der Waals surface area contributed by atoms with Gasteiger partial charge in [0.05, 0.1) is 23.3 Å². The molecule has 8 nitrogen and oxygen atoms in total. The molecule has 4 aliphatic carbocycles. The van der Waals surface area contributed by atoms with Crippen molar-refractivity contribution in [1.29, 1.82) is 0 Å². The summed E-state index contributed by atoms with van der Waals surface area (Å²) in [6.45, 7) is 8.31. The third-order valence-corrected chi connectivity index (χ3v) is 14.4. The zero-order valence-electron chi connectivity index (χ0n) is 27.7. The molecular weight excluding hydrogens is 576 g/mol. The lowest BCUT2D eigenvalue weighted by atomic mass is 9.44. The van der Waals surface area contributed by atoms with E-state index in [1.807, 2.05) is 35.2 Å². The Balaban J connectivity index is 0.922. The molecule has 46 heavy (non-hydrogen) atoms. The summed E-state index contributed by atoms with van der Waals surface area (Å²) in [5.74, 6) is 2.54. The third-order valence-electron chi connectivity index (χ3n) is 14.4. The molecular formula is C38H52N4O4. The van der Waals surface area contributed by atoms with Crippen LogP contribution in [0.25, 0.3) is 10.9 Å². The quantitative estimate of drug-likeness (QED) is 0.511. The van der Waals surface area contributed by atoms with Gasteiger partial charge in [0.15, 0.2) is 0 Å². The first kappa shape index (κ1) is 30.8. The van der Waals surface area contributed by atoms with E-state index in [2.05, 4.69) is 23.7 Å². The van der Waals surface area contributed by atoms with E-state index < -0.39 is 6.04 Å². The maximum Gasteiger partial charge on any atom is 0.256 e. The number of nitrogens with zero attached hydrogens (tertiary/aromatic N) is 4. The Morgan fingerprint density at radius 1 is 0.891 bits per heavy atom. The summed E-state index contributed by atoms with van der Waals surface area (Å²) < 4.78 is 0. The van der Waals surface area contributed by atoms with Crippen LogP contribution in [-0.4, -0.2) is 98.7 Å². The monoisotopic (exact) mass is 628 g/mol. The minimum atomic E-state index is -0.421. The van der Waals surface area contributed by atoms with E-state index in [0.29, 0.717) is 55.3 Å². The SMILES string of the molecule is C[C@]12C[C@H](N3CCN(C(=O)[C@@H]4CCCN4C(=O)c4cnc5ccccc5c4)CC3)[C@@H](O)CC1CCC1C2CC[C@@]2(C)C1CC[C@@H]2O. The molecule has 2 aromatic rings. The number of rotatable bonds is 3. The van der Waals surface area contributed by atoms with E-state index in [1.165, 1.54) is 25.7 Å². The summed E-state index contributed by atoms with van der Waals surface area (Å²) in [4.78, 5) is 38.2. The van der Waals surface area contributed by atoms with E-state index in [1.54, 1.807) is 11.1 Å². The van der Waals surface area contributed by atoms with Gasteiger partial charge in [0.1, 0.15) is 6.04 Å². The lowest BCUT2D eigenvalue weighted by Crippen LogP contribution is -2.62. The summed E-state index contributed by atoms with van der Waals surface area (Å²) in [6, 6.07) is 9.39. The maximum absolute atomic E-state index is 13.9. The molecule has 2 N–H and O–H groups in total. The predicted octanol–water partition coefficient (Wildman–Crippen LogP) is 4.73. The molecule has 4 unspecified atom stereocenters. The topological polar surface area (TPSA) is 97.2 Å². The molecule has 0 radical (unpaired) electrons. The van der Waals surface area contributed by atoms with Gasteiger partial charge in [0.25, 0.3) is 5.91 Å². The average molecular weight is 629 g/mol. The van der Waals surface area contributed by atoms with Gasteiger partial charge in [-0.15, -0.1) is 0 Å². The first-order chi connectivity index (χ1) is 22.2. The molecule has 0 bridgehead atoms. The predicted molar refractivity (Wildman–Crippen MR) is 177 cm³/mol. The van der Waals surface area contributed by atoms with Crippen molar-refractivity contribution in [2.24, 2.45) is 34.5 Å².